The van der Waals surface area contributed by atoms with E-state index in [1.165, 1.54) is 12.4 Å². The number of carbonyl (C=O) groups excluding carboxylic acids is 1. The third kappa shape index (κ3) is 3.27. The first kappa shape index (κ1) is 11.0. The van der Waals surface area contributed by atoms with Crippen LogP contribution in [-0.2, 0) is 4.79 Å². The molecule has 0 aliphatic rings. The fraction of sp³-hybridized carbons (Fsp3) is 0.286. The van der Waals surface area contributed by atoms with Gasteiger partial charge in [-0.25, -0.2) is 9.59 Å². The summed E-state index contributed by atoms with van der Waals surface area (Å²) in [5.41, 5.74) is 0.398. The molecular weight excluding hydrogens is 204 g/mol. The maximum Gasteiger partial charge on any atom is 0.328 e. The third-order valence-electron chi connectivity index (χ3n) is 1.54. The monoisotopic (exact) mass is 214 g/mol. The molecule has 1 aromatic heterocycles. The van der Waals surface area contributed by atoms with E-state index in [0.29, 0.717) is 5.69 Å². The lowest BCUT2D eigenvalue weighted by atomic mass is 10.3. The predicted octanol–water partition coefficient (Wildman–Crippen LogP) is -1.02. The van der Waals surface area contributed by atoms with Crippen molar-refractivity contribution in [2.24, 2.45) is 0 Å². The molecule has 1 rings (SSSR count). The number of aromatic nitrogens is 2. The van der Waals surface area contributed by atoms with E-state index in [2.05, 4.69) is 20.8 Å². The van der Waals surface area contributed by atoms with Gasteiger partial charge in [0.05, 0.1) is 18.5 Å². The Morgan fingerprint density at radius 2 is 2.33 bits per heavy atom. The van der Waals surface area contributed by atoms with E-state index in [0.717, 1.165) is 0 Å². The molecule has 0 unspecified atom stereocenters. The zero-order valence-electron chi connectivity index (χ0n) is 7.60. The lowest BCUT2D eigenvalue weighted by molar-refractivity contribution is -0.140. The van der Waals surface area contributed by atoms with Crippen molar-refractivity contribution in [2.75, 3.05) is 11.9 Å². The number of carbonyl (C=O) groups is 2. The standard InChI is InChI=1S/C7H10N4O4/c12-3-5(6(13)14)11-7(15)10-4-1-8-9-2-4/h1-2,5,12H,3H2,(H,8,9)(H,13,14)(H2,10,11,15)/t5-/m0/s1. The smallest absolute Gasteiger partial charge is 0.328 e. The van der Waals surface area contributed by atoms with Crippen molar-refractivity contribution in [1.29, 1.82) is 0 Å². The van der Waals surface area contributed by atoms with Gasteiger partial charge in [0.1, 0.15) is 0 Å². The number of urea groups is 1. The molecule has 82 valence electrons. The number of aliphatic hydroxyl groups is 1. The number of H-pyrrole nitrogens is 1. The summed E-state index contributed by atoms with van der Waals surface area (Å²) < 4.78 is 0. The Balaban J connectivity index is 2.45. The van der Waals surface area contributed by atoms with Gasteiger partial charge in [-0.05, 0) is 0 Å². The molecule has 0 spiro atoms. The molecule has 0 saturated carbocycles. The number of carboxylic acid groups (broad SMARTS) is 1. The number of aliphatic carboxylic acids is 1. The summed E-state index contributed by atoms with van der Waals surface area (Å²) in [6.45, 7) is -0.672. The highest BCUT2D eigenvalue weighted by molar-refractivity contribution is 5.91. The molecule has 1 atom stereocenters. The number of anilines is 1. The van der Waals surface area contributed by atoms with Gasteiger partial charge in [-0.2, -0.15) is 5.10 Å². The fourth-order valence-electron chi connectivity index (χ4n) is 0.830. The Morgan fingerprint density at radius 3 is 2.80 bits per heavy atom. The van der Waals surface area contributed by atoms with Gasteiger partial charge in [0, 0.05) is 6.20 Å². The van der Waals surface area contributed by atoms with E-state index < -0.39 is 24.6 Å². The molecule has 0 bridgehead atoms. The van der Waals surface area contributed by atoms with Crippen LogP contribution in [0.4, 0.5) is 10.5 Å². The van der Waals surface area contributed by atoms with Crippen molar-refractivity contribution in [3.05, 3.63) is 12.4 Å². The minimum atomic E-state index is -1.32. The summed E-state index contributed by atoms with van der Waals surface area (Å²) in [6.07, 6.45) is 2.78. The number of nitrogens with one attached hydrogen (secondary N) is 3. The summed E-state index contributed by atoms with van der Waals surface area (Å²) >= 11 is 0. The number of carboxylic acids is 1. The second kappa shape index (κ2) is 4.96. The van der Waals surface area contributed by atoms with Crippen LogP contribution in [0, 0.1) is 0 Å². The molecule has 5 N–H and O–H groups in total. The van der Waals surface area contributed by atoms with E-state index in [9.17, 15) is 9.59 Å². The maximum absolute atomic E-state index is 11.1. The van der Waals surface area contributed by atoms with Crippen LogP contribution in [0.5, 0.6) is 0 Å². The number of nitrogens with zero attached hydrogens (tertiary/aromatic N) is 1. The molecule has 8 nitrogen and oxygen atoms in total. The fourth-order valence-corrected chi connectivity index (χ4v) is 0.830. The van der Waals surface area contributed by atoms with Gasteiger partial charge < -0.3 is 20.8 Å². The first-order valence-electron chi connectivity index (χ1n) is 4.03. The van der Waals surface area contributed by atoms with Crippen molar-refractivity contribution in [1.82, 2.24) is 15.5 Å². The zero-order chi connectivity index (χ0) is 11.3. The van der Waals surface area contributed by atoms with Crippen molar-refractivity contribution in [3.8, 4) is 0 Å². The largest absolute Gasteiger partial charge is 0.480 e. The van der Waals surface area contributed by atoms with Crippen molar-refractivity contribution in [2.45, 2.75) is 6.04 Å². The Hall–Kier alpha value is -2.09. The van der Waals surface area contributed by atoms with E-state index in [4.69, 9.17) is 10.2 Å². The number of amides is 2. The minimum Gasteiger partial charge on any atom is -0.480 e. The van der Waals surface area contributed by atoms with Crippen LogP contribution in [0.15, 0.2) is 12.4 Å². The van der Waals surface area contributed by atoms with Gasteiger partial charge in [0.15, 0.2) is 6.04 Å². The van der Waals surface area contributed by atoms with Gasteiger partial charge in [-0.3, -0.25) is 5.10 Å². The Kier molecular flexibility index (Phi) is 3.63. The van der Waals surface area contributed by atoms with Gasteiger partial charge in [-0.15, -0.1) is 0 Å². The summed E-state index contributed by atoms with van der Waals surface area (Å²) in [5.74, 6) is -1.31. The maximum atomic E-state index is 11.1. The first-order chi connectivity index (χ1) is 7.13. The molecule has 0 aliphatic heterocycles. The van der Waals surface area contributed by atoms with Crippen LogP contribution in [0.3, 0.4) is 0 Å². The molecular formula is C7H10N4O4. The molecule has 0 radical (unpaired) electrons. The zero-order valence-corrected chi connectivity index (χ0v) is 7.60. The molecule has 2 amide bonds. The quantitative estimate of drug-likeness (QED) is 0.438. The van der Waals surface area contributed by atoms with E-state index in [1.54, 1.807) is 0 Å². The number of hydrogen-bond acceptors (Lipinski definition) is 4. The van der Waals surface area contributed by atoms with Crippen molar-refractivity contribution >= 4 is 17.7 Å². The van der Waals surface area contributed by atoms with E-state index in [-0.39, 0.29) is 0 Å². The Labute approximate surface area is 84.3 Å². The lowest BCUT2D eigenvalue weighted by Gasteiger charge is -2.11. The highest BCUT2D eigenvalue weighted by atomic mass is 16.4. The van der Waals surface area contributed by atoms with Crippen molar-refractivity contribution < 1.29 is 19.8 Å². The van der Waals surface area contributed by atoms with Crippen molar-refractivity contribution in [3.63, 3.8) is 0 Å². The third-order valence-corrected chi connectivity index (χ3v) is 1.54. The second-order valence-electron chi connectivity index (χ2n) is 2.66. The van der Waals surface area contributed by atoms with Crippen LogP contribution in [0.1, 0.15) is 0 Å². The highest BCUT2D eigenvalue weighted by Crippen LogP contribution is 2.00. The average molecular weight is 214 g/mol. The summed E-state index contributed by atoms with van der Waals surface area (Å²) in [6, 6.07) is -2.05. The number of aliphatic hydroxyl groups excluding tert-OH is 1. The van der Waals surface area contributed by atoms with Crippen LogP contribution >= 0.6 is 0 Å². The SMILES string of the molecule is O=C(Nc1cn[nH]c1)N[C@@H](CO)C(=O)O. The Morgan fingerprint density at radius 1 is 1.60 bits per heavy atom. The topological polar surface area (TPSA) is 127 Å². The molecule has 15 heavy (non-hydrogen) atoms. The first-order valence-corrected chi connectivity index (χ1v) is 4.03. The number of hydrogen-bond donors (Lipinski definition) is 5. The molecule has 0 aromatic carbocycles. The summed E-state index contributed by atoms with van der Waals surface area (Å²) in [4.78, 5) is 21.6. The predicted molar refractivity (Wildman–Crippen MR) is 49.3 cm³/mol. The van der Waals surface area contributed by atoms with Crippen LogP contribution < -0.4 is 10.6 Å². The molecule has 1 heterocycles. The highest BCUT2D eigenvalue weighted by Gasteiger charge is 2.18. The molecule has 0 saturated heterocycles. The van der Waals surface area contributed by atoms with Gasteiger partial charge in [0.25, 0.3) is 0 Å². The molecule has 1 aromatic rings. The molecule has 0 aliphatic carbocycles. The van der Waals surface area contributed by atoms with E-state index in [1.807, 2.05) is 0 Å². The number of aromatic amines is 1. The van der Waals surface area contributed by atoms with Crippen LogP contribution in [-0.4, -0.2) is 45.1 Å². The van der Waals surface area contributed by atoms with Gasteiger partial charge >= 0.3 is 12.0 Å². The Bertz CT molecular complexity index is 337. The van der Waals surface area contributed by atoms with Crippen LogP contribution in [0.25, 0.3) is 0 Å². The summed E-state index contributed by atoms with van der Waals surface area (Å²) in [7, 11) is 0. The summed E-state index contributed by atoms with van der Waals surface area (Å²) in [5, 5.41) is 27.6. The van der Waals surface area contributed by atoms with Crippen LogP contribution in [0.2, 0.25) is 0 Å². The number of rotatable bonds is 4. The lowest BCUT2D eigenvalue weighted by Crippen LogP contribution is -2.45. The molecule has 0 fully saturated rings. The van der Waals surface area contributed by atoms with E-state index >= 15 is 0 Å². The van der Waals surface area contributed by atoms with Gasteiger partial charge in [-0.1, -0.05) is 0 Å². The second-order valence-corrected chi connectivity index (χ2v) is 2.66. The van der Waals surface area contributed by atoms with Gasteiger partial charge in [0.2, 0.25) is 0 Å². The molecule has 8 heteroatoms. The average Bonchev–Trinajstić information content (AvgIpc) is 2.66. The minimum absolute atomic E-state index is 0.398. The normalized spacial score (nSPS) is 11.8.